The third kappa shape index (κ3) is 3.17. The van der Waals surface area contributed by atoms with Crippen LogP contribution in [0.25, 0.3) is 0 Å². The fourth-order valence-corrected chi connectivity index (χ4v) is 1.27. The Morgan fingerprint density at radius 2 is 2.06 bits per heavy atom. The highest BCUT2D eigenvalue weighted by Crippen LogP contribution is 2.11. The van der Waals surface area contributed by atoms with Crippen LogP contribution in [0.5, 0.6) is 0 Å². The SMILES string of the molecule is CNC(=O)C(C)NC(=O)c1ccc(N)cc1F. The molecule has 0 bridgehead atoms. The van der Waals surface area contributed by atoms with Crippen LogP contribution in [0.2, 0.25) is 0 Å². The number of nitrogens with two attached hydrogens (primary N) is 1. The third-order valence-electron chi connectivity index (χ3n) is 2.23. The molecule has 0 aliphatic carbocycles. The summed E-state index contributed by atoms with van der Waals surface area (Å²) < 4.78 is 13.4. The summed E-state index contributed by atoms with van der Waals surface area (Å²) >= 11 is 0. The predicted octanol–water partition coefficient (Wildman–Crippen LogP) is 0.272. The summed E-state index contributed by atoms with van der Waals surface area (Å²) in [7, 11) is 1.45. The fraction of sp³-hybridized carbons (Fsp3) is 0.273. The standard InChI is InChI=1S/C11H14FN3O2/c1-6(10(16)14-2)15-11(17)8-4-3-7(13)5-9(8)12/h3-6H,13H2,1-2H3,(H,14,16)(H,15,17). The number of carbonyl (C=O) groups excluding carboxylic acids is 2. The van der Waals surface area contributed by atoms with E-state index >= 15 is 0 Å². The number of nitrogen functional groups attached to an aromatic ring is 1. The summed E-state index contributed by atoms with van der Waals surface area (Å²) in [6.07, 6.45) is 0. The van der Waals surface area contributed by atoms with Gasteiger partial charge in [-0.2, -0.15) is 0 Å². The maximum absolute atomic E-state index is 13.4. The van der Waals surface area contributed by atoms with E-state index in [-0.39, 0.29) is 17.2 Å². The predicted molar refractivity (Wildman–Crippen MR) is 61.8 cm³/mol. The van der Waals surface area contributed by atoms with Gasteiger partial charge in [0.1, 0.15) is 11.9 Å². The number of nitrogens with one attached hydrogen (secondary N) is 2. The van der Waals surface area contributed by atoms with Gasteiger partial charge in [-0.05, 0) is 25.1 Å². The molecule has 0 saturated carbocycles. The molecule has 1 aromatic rings. The van der Waals surface area contributed by atoms with Crippen molar-refractivity contribution in [1.82, 2.24) is 10.6 Å². The van der Waals surface area contributed by atoms with Crippen molar-refractivity contribution in [2.75, 3.05) is 12.8 Å². The van der Waals surface area contributed by atoms with Gasteiger partial charge in [0.05, 0.1) is 5.56 Å². The van der Waals surface area contributed by atoms with Gasteiger partial charge >= 0.3 is 0 Å². The maximum atomic E-state index is 13.4. The quantitative estimate of drug-likeness (QED) is 0.662. The highest BCUT2D eigenvalue weighted by molar-refractivity contribution is 5.97. The lowest BCUT2D eigenvalue weighted by atomic mass is 10.1. The molecule has 0 aromatic heterocycles. The van der Waals surface area contributed by atoms with Crippen LogP contribution in [-0.4, -0.2) is 24.9 Å². The Kier molecular flexibility index (Phi) is 4.03. The highest BCUT2D eigenvalue weighted by Gasteiger charge is 2.17. The number of carbonyl (C=O) groups is 2. The minimum absolute atomic E-state index is 0.144. The maximum Gasteiger partial charge on any atom is 0.254 e. The molecule has 6 heteroatoms. The monoisotopic (exact) mass is 239 g/mol. The molecular weight excluding hydrogens is 225 g/mol. The van der Waals surface area contributed by atoms with Crippen LogP contribution >= 0.6 is 0 Å². The first-order valence-corrected chi connectivity index (χ1v) is 5.03. The molecule has 1 rings (SSSR count). The lowest BCUT2D eigenvalue weighted by molar-refractivity contribution is -0.122. The Labute approximate surface area is 98.2 Å². The Hall–Kier alpha value is -2.11. The van der Waals surface area contributed by atoms with Crippen molar-refractivity contribution in [1.29, 1.82) is 0 Å². The van der Waals surface area contributed by atoms with Gasteiger partial charge < -0.3 is 16.4 Å². The summed E-state index contributed by atoms with van der Waals surface area (Å²) in [6, 6.07) is 3.02. The zero-order chi connectivity index (χ0) is 13.0. The topological polar surface area (TPSA) is 84.2 Å². The number of amides is 2. The van der Waals surface area contributed by atoms with E-state index < -0.39 is 17.8 Å². The first-order valence-electron chi connectivity index (χ1n) is 5.03. The van der Waals surface area contributed by atoms with Gasteiger partial charge in [-0.25, -0.2) is 4.39 Å². The molecule has 0 aliphatic rings. The van der Waals surface area contributed by atoms with Gasteiger partial charge in [0, 0.05) is 12.7 Å². The lowest BCUT2D eigenvalue weighted by Gasteiger charge is -2.12. The summed E-state index contributed by atoms with van der Waals surface area (Å²) in [5, 5.41) is 4.75. The summed E-state index contributed by atoms with van der Waals surface area (Å²) in [5.41, 5.74) is 5.45. The molecule has 17 heavy (non-hydrogen) atoms. The van der Waals surface area contributed by atoms with Crippen molar-refractivity contribution in [3.8, 4) is 0 Å². The fourth-order valence-electron chi connectivity index (χ4n) is 1.27. The molecule has 0 spiro atoms. The van der Waals surface area contributed by atoms with Crippen LogP contribution in [0.1, 0.15) is 17.3 Å². The van der Waals surface area contributed by atoms with Gasteiger partial charge in [0.2, 0.25) is 5.91 Å². The molecule has 0 saturated heterocycles. The van der Waals surface area contributed by atoms with Crippen LogP contribution in [0.3, 0.4) is 0 Å². The van der Waals surface area contributed by atoms with E-state index in [1.807, 2.05) is 0 Å². The van der Waals surface area contributed by atoms with E-state index in [2.05, 4.69) is 10.6 Å². The number of benzene rings is 1. The second-order valence-corrected chi connectivity index (χ2v) is 3.55. The molecule has 0 radical (unpaired) electrons. The average Bonchev–Trinajstić information content (AvgIpc) is 2.27. The summed E-state index contributed by atoms with van der Waals surface area (Å²) in [6.45, 7) is 1.51. The van der Waals surface area contributed by atoms with E-state index in [4.69, 9.17) is 5.73 Å². The first-order chi connectivity index (χ1) is 7.95. The number of halogens is 1. The van der Waals surface area contributed by atoms with E-state index in [1.165, 1.54) is 26.1 Å². The third-order valence-corrected chi connectivity index (χ3v) is 2.23. The smallest absolute Gasteiger partial charge is 0.254 e. The van der Waals surface area contributed by atoms with Crippen molar-refractivity contribution < 1.29 is 14.0 Å². The molecule has 1 atom stereocenters. The molecule has 0 aliphatic heterocycles. The van der Waals surface area contributed by atoms with Gasteiger partial charge in [-0.3, -0.25) is 9.59 Å². The van der Waals surface area contributed by atoms with Crippen molar-refractivity contribution in [3.05, 3.63) is 29.6 Å². The number of hydrogen-bond acceptors (Lipinski definition) is 3. The molecule has 0 fully saturated rings. The zero-order valence-corrected chi connectivity index (χ0v) is 9.58. The van der Waals surface area contributed by atoms with Crippen LogP contribution in [-0.2, 0) is 4.79 Å². The second-order valence-electron chi connectivity index (χ2n) is 3.55. The molecular formula is C11H14FN3O2. The number of rotatable bonds is 3. The lowest BCUT2D eigenvalue weighted by Crippen LogP contribution is -2.43. The molecule has 1 aromatic carbocycles. The van der Waals surface area contributed by atoms with E-state index in [0.29, 0.717) is 0 Å². The van der Waals surface area contributed by atoms with E-state index in [1.54, 1.807) is 0 Å². The molecule has 2 amide bonds. The highest BCUT2D eigenvalue weighted by atomic mass is 19.1. The Balaban J connectivity index is 2.80. The van der Waals surface area contributed by atoms with Crippen molar-refractivity contribution >= 4 is 17.5 Å². The summed E-state index contributed by atoms with van der Waals surface area (Å²) in [4.78, 5) is 22.8. The minimum Gasteiger partial charge on any atom is -0.399 e. The van der Waals surface area contributed by atoms with Crippen LogP contribution < -0.4 is 16.4 Å². The van der Waals surface area contributed by atoms with Crippen molar-refractivity contribution in [2.24, 2.45) is 0 Å². The van der Waals surface area contributed by atoms with Crippen molar-refractivity contribution in [2.45, 2.75) is 13.0 Å². The first kappa shape index (κ1) is 13.0. The number of anilines is 1. The summed E-state index contributed by atoms with van der Waals surface area (Å²) in [5.74, 6) is -1.72. The van der Waals surface area contributed by atoms with Crippen LogP contribution in [0.15, 0.2) is 18.2 Å². The zero-order valence-electron chi connectivity index (χ0n) is 9.58. The van der Waals surface area contributed by atoms with Gasteiger partial charge in [-0.15, -0.1) is 0 Å². The Bertz CT molecular complexity index is 448. The molecule has 92 valence electrons. The molecule has 1 unspecified atom stereocenters. The normalized spacial score (nSPS) is 11.7. The largest absolute Gasteiger partial charge is 0.399 e. The minimum atomic E-state index is -0.732. The van der Waals surface area contributed by atoms with E-state index in [9.17, 15) is 14.0 Å². The molecule has 5 nitrogen and oxygen atoms in total. The molecule has 0 heterocycles. The second kappa shape index (κ2) is 5.29. The van der Waals surface area contributed by atoms with Crippen LogP contribution in [0.4, 0.5) is 10.1 Å². The average molecular weight is 239 g/mol. The Morgan fingerprint density at radius 3 is 2.59 bits per heavy atom. The number of likely N-dealkylation sites (N-methyl/N-ethyl adjacent to an activating group) is 1. The van der Waals surface area contributed by atoms with Gasteiger partial charge in [-0.1, -0.05) is 0 Å². The van der Waals surface area contributed by atoms with Crippen molar-refractivity contribution in [3.63, 3.8) is 0 Å². The van der Waals surface area contributed by atoms with E-state index in [0.717, 1.165) is 6.07 Å². The number of hydrogen-bond donors (Lipinski definition) is 3. The Morgan fingerprint density at radius 1 is 1.41 bits per heavy atom. The molecule has 4 N–H and O–H groups in total. The van der Waals surface area contributed by atoms with Crippen LogP contribution in [0, 0.1) is 5.82 Å². The van der Waals surface area contributed by atoms with Gasteiger partial charge in [0.25, 0.3) is 5.91 Å². The van der Waals surface area contributed by atoms with Gasteiger partial charge in [0.15, 0.2) is 0 Å².